The van der Waals surface area contributed by atoms with Crippen LogP contribution in [0.2, 0.25) is 0 Å². The van der Waals surface area contributed by atoms with Crippen LogP contribution in [0, 0.1) is 11.8 Å². The van der Waals surface area contributed by atoms with E-state index in [4.69, 9.17) is 0 Å². The van der Waals surface area contributed by atoms with Gasteiger partial charge >= 0.3 is 0 Å². The van der Waals surface area contributed by atoms with Crippen molar-refractivity contribution in [3.8, 4) is 11.8 Å². The number of hydrogen-bond acceptors (Lipinski definition) is 3. The van der Waals surface area contributed by atoms with Gasteiger partial charge in [-0.05, 0) is 35.9 Å². The molecule has 3 rings (SSSR count). The van der Waals surface area contributed by atoms with Crippen LogP contribution < -0.4 is 0 Å². The number of allylic oxidation sites excluding steroid dienone is 1. The Bertz CT molecular complexity index is 826. The molecule has 112 valence electrons. The van der Waals surface area contributed by atoms with E-state index in [2.05, 4.69) is 16.8 Å². The van der Waals surface area contributed by atoms with Crippen LogP contribution in [0.5, 0.6) is 0 Å². The van der Waals surface area contributed by atoms with Gasteiger partial charge in [-0.2, -0.15) is 0 Å². The van der Waals surface area contributed by atoms with Crippen molar-refractivity contribution in [2.45, 2.75) is 12.0 Å². The predicted molar refractivity (Wildman–Crippen MR) is 89.2 cm³/mol. The molecule has 3 nitrogen and oxygen atoms in total. The fourth-order valence-electron chi connectivity index (χ4n) is 2.39. The van der Waals surface area contributed by atoms with Crippen molar-refractivity contribution in [3.05, 3.63) is 83.7 Å². The molecule has 0 amide bonds. The van der Waals surface area contributed by atoms with Gasteiger partial charge < -0.3 is 5.11 Å². The SMILES string of the molecule is O=C1C=CC(O)(CC#Cc2cccnc2)/C1=C\c1ccccc1. The van der Waals surface area contributed by atoms with Crippen LogP contribution in [0.25, 0.3) is 6.08 Å². The molecule has 2 aromatic rings. The first-order valence-electron chi connectivity index (χ1n) is 7.29. The number of benzene rings is 1. The lowest BCUT2D eigenvalue weighted by molar-refractivity contribution is -0.111. The van der Waals surface area contributed by atoms with Gasteiger partial charge in [0.15, 0.2) is 5.78 Å². The predicted octanol–water partition coefficient (Wildman–Crippen LogP) is 2.78. The highest BCUT2D eigenvalue weighted by atomic mass is 16.3. The number of nitrogens with zero attached hydrogens (tertiary/aromatic N) is 1. The van der Waals surface area contributed by atoms with E-state index in [1.165, 1.54) is 12.2 Å². The molecule has 1 atom stereocenters. The summed E-state index contributed by atoms with van der Waals surface area (Å²) in [6, 6.07) is 13.1. The number of pyridine rings is 1. The summed E-state index contributed by atoms with van der Waals surface area (Å²) in [4.78, 5) is 16.0. The zero-order valence-corrected chi connectivity index (χ0v) is 12.4. The average molecular weight is 301 g/mol. The molecule has 0 saturated carbocycles. The monoisotopic (exact) mass is 301 g/mol. The van der Waals surface area contributed by atoms with Gasteiger partial charge in [0.1, 0.15) is 5.60 Å². The fraction of sp³-hybridized carbons (Fsp3) is 0.100. The summed E-state index contributed by atoms with van der Waals surface area (Å²) in [5.41, 5.74) is 0.655. The standard InChI is InChI=1S/C20H15NO2/c22-19-10-12-20(23,11-4-8-17-9-5-13-21-15-17)18(19)14-16-6-2-1-3-7-16/h1-3,5-7,9-10,12-15,23H,11H2/b18-14-. The van der Waals surface area contributed by atoms with Crippen LogP contribution in [0.4, 0.5) is 0 Å². The number of carbonyl (C=O) groups is 1. The van der Waals surface area contributed by atoms with Gasteiger partial charge in [-0.15, -0.1) is 0 Å². The Morgan fingerprint density at radius 1 is 1.17 bits per heavy atom. The summed E-state index contributed by atoms with van der Waals surface area (Å²) in [6.45, 7) is 0. The summed E-state index contributed by atoms with van der Waals surface area (Å²) in [6.07, 6.45) is 8.13. The largest absolute Gasteiger partial charge is 0.380 e. The first kappa shape index (κ1) is 15.0. The second-order valence-corrected chi connectivity index (χ2v) is 5.31. The third-order valence-electron chi connectivity index (χ3n) is 3.61. The van der Waals surface area contributed by atoms with Crippen LogP contribution in [0.3, 0.4) is 0 Å². The number of ketones is 1. The summed E-state index contributed by atoms with van der Waals surface area (Å²) in [5.74, 6) is 5.71. The lowest BCUT2D eigenvalue weighted by Gasteiger charge is -2.19. The van der Waals surface area contributed by atoms with E-state index in [0.717, 1.165) is 11.1 Å². The molecule has 0 bridgehead atoms. The molecule has 0 radical (unpaired) electrons. The number of rotatable bonds is 2. The van der Waals surface area contributed by atoms with Gasteiger partial charge in [0.05, 0.1) is 0 Å². The van der Waals surface area contributed by atoms with Crippen molar-refractivity contribution in [1.29, 1.82) is 0 Å². The molecule has 1 heterocycles. The molecule has 1 aliphatic rings. The van der Waals surface area contributed by atoms with Gasteiger partial charge in [-0.1, -0.05) is 42.2 Å². The van der Waals surface area contributed by atoms with E-state index in [1.54, 1.807) is 24.5 Å². The van der Waals surface area contributed by atoms with E-state index in [9.17, 15) is 9.90 Å². The summed E-state index contributed by atoms with van der Waals surface area (Å²) < 4.78 is 0. The van der Waals surface area contributed by atoms with E-state index >= 15 is 0 Å². The number of carbonyl (C=O) groups excluding carboxylic acids is 1. The van der Waals surface area contributed by atoms with Crippen molar-refractivity contribution in [1.82, 2.24) is 4.98 Å². The summed E-state index contributed by atoms with van der Waals surface area (Å²) in [7, 11) is 0. The van der Waals surface area contributed by atoms with Crippen molar-refractivity contribution in [2.75, 3.05) is 0 Å². The Morgan fingerprint density at radius 2 is 2.00 bits per heavy atom. The Labute approximate surface area is 135 Å². The highest BCUT2D eigenvalue weighted by Crippen LogP contribution is 2.31. The lowest BCUT2D eigenvalue weighted by Crippen LogP contribution is -2.27. The Morgan fingerprint density at radius 3 is 2.74 bits per heavy atom. The zero-order chi connectivity index (χ0) is 16.1. The topological polar surface area (TPSA) is 50.2 Å². The Balaban J connectivity index is 1.85. The Kier molecular flexibility index (Phi) is 4.18. The average Bonchev–Trinajstić information content (AvgIpc) is 2.86. The maximum Gasteiger partial charge on any atom is 0.184 e. The third-order valence-corrected chi connectivity index (χ3v) is 3.61. The first-order chi connectivity index (χ1) is 11.2. The minimum atomic E-state index is -1.35. The van der Waals surface area contributed by atoms with Crippen molar-refractivity contribution in [3.63, 3.8) is 0 Å². The Hall–Kier alpha value is -2.96. The normalized spacial score (nSPS) is 21.3. The number of aromatic nitrogens is 1. The van der Waals surface area contributed by atoms with Crippen LogP contribution in [-0.2, 0) is 4.79 Å². The molecule has 1 aliphatic carbocycles. The molecular weight excluding hydrogens is 286 g/mol. The second-order valence-electron chi connectivity index (χ2n) is 5.31. The van der Waals surface area contributed by atoms with Crippen molar-refractivity contribution < 1.29 is 9.90 Å². The zero-order valence-electron chi connectivity index (χ0n) is 12.4. The van der Waals surface area contributed by atoms with E-state index in [1.807, 2.05) is 36.4 Å². The van der Waals surface area contributed by atoms with Crippen LogP contribution in [0.15, 0.2) is 72.6 Å². The molecule has 1 aromatic carbocycles. The van der Waals surface area contributed by atoms with E-state index in [-0.39, 0.29) is 12.2 Å². The number of aliphatic hydroxyl groups is 1. The third kappa shape index (κ3) is 3.45. The molecule has 1 N–H and O–H groups in total. The minimum Gasteiger partial charge on any atom is -0.380 e. The summed E-state index contributed by atoms with van der Waals surface area (Å²) >= 11 is 0. The van der Waals surface area contributed by atoms with Crippen molar-refractivity contribution in [2.24, 2.45) is 0 Å². The molecule has 0 saturated heterocycles. The molecule has 1 unspecified atom stereocenters. The molecule has 0 aliphatic heterocycles. The first-order valence-corrected chi connectivity index (χ1v) is 7.29. The van der Waals surface area contributed by atoms with Crippen LogP contribution in [-0.4, -0.2) is 21.5 Å². The van der Waals surface area contributed by atoms with Crippen LogP contribution in [0.1, 0.15) is 17.5 Å². The molecule has 23 heavy (non-hydrogen) atoms. The lowest BCUT2D eigenvalue weighted by atomic mass is 9.91. The van der Waals surface area contributed by atoms with E-state index < -0.39 is 5.60 Å². The maximum atomic E-state index is 12.1. The van der Waals surface area contributed by atoms with Gasteiger partial charge in [0.2, 0.25) is 0 Å². The molecule has 1 aromatic heterocycles. The van der Waals surface area contributed by atoms with Gasteiger partial charge in [0.25, 0.3) is 0 Å². The molecule has 0 fully saturated rings. The van der Waals surface area contributed by atoms with Crippen molar-refractivity contribution >= 4 is 11.9 Å². The summed E-state index contributed by atoms with van der Waals surface area (Å²) in [5, 5.41) is 10.8. The second kappa shape index (κ2) is 6.43. The maximum absolute atomic E-state index is 12.1. The van der Waals surface area contributed by atoms with Gasteiger partial charge in [-0.25, -0.2) is 0 Å². The van der Waals surface area contributed by atoms with Crippen LogP contribution >= 0.6 is 0 Å². The van der Waals surface area contributed by atoms with Gasteiger partial charge in [0, 0.05) is 30.0 Å². The minimum absolute atomic E-state index is 0.156. The quantitative estimate of drug-likeness (QED) is 0.685. The molecular formula is C20H15NO2. The van der Waals surface area contributed by atoms with E-state index in [0.29, 0.717) is 5.57 Å². The highest BCUT2D eigenvalue weighted by molar-refractivity contribution is 6.12. The fourth-order valence-corrected chi connectivity index (χ4v) is 2.39. The number of hydrogen-bond donors (Lipinski definition) is 1. The molecule has 3 heteroatoms. The van der Waals surface area contributed by atoms with Gasteiger partial charge in [-0.3, -0.25) is 9.78 Å². The smallest absolute Gasteiger partial charge is 0.184 e. The highest BCUT2D eigenvalue weighted by Gasteiger charge is 2.36. The molecule has 0 spiro atoms.